The van der Waals surface area contributed by atoms with E-state index in [0.717, 1.165) is 0 Å². The van der Waals surface area contributed by atoms with Gasteiger partial charge < -0.3 is 0 Å². The Labute approximate surface area is 81.4 Å². The largest absolute Gasteiger partial charge is 0 e. The SMILES string of the molecule is [Ge].[Ge].[Ge].[Np]. The molecule has 4 heavy (non-hydrogen) atoms. The van der Waals surface area contributed by atoms with Crippen molar-refractivity contribution in [1.29, 1.82) is 0 Å². The van der Waals surface area contributed by atoms with E-state index in [1.54, 1.807) is 0 Å². The molecule has 0 aromatic heterocycles. The molecule has 0 atom stereocenters. The molecule has 0 bridgehead atoms. The van der Waals surface area contributed by atoms with E-state index < -0.39 is 0 Å². The molecule has 0 aliphatic rings. The summed E-state index contributed by atoms with van der Waals surface area (Å²) in [5, 5.41) is 0. The van der Waals surface area contributed by atoms with Crippen LogP contribution in [-0.2, 0) is 0 Å². The van der Waals surface area contributed by atoms with Crippen LogP contribution in [0.4, 0.5) is 0 Å². The summed E-state index contributed by atoms with van der Waals surface area (Å²) < 4.78 is 0. The molecule has 0 saturated carbocycles. The summed E-state index contributed by atoms with van der Waals surface area (Å²) in [5.74, 6) is 0. The average Bonchev–Trinajstić information content (AvgIpc) is 0. The zero-order chi connectivity index (χ0) is 0. The van der Waals surface area contributed by atoms with Crippen LogP contribution in [0.15, 0.2) is 0 Å². The Morgan fingerprint density at radius 1 is 0.500 bits per heavy atom. The van der Waals surface area contributed by atoms with Gasteiger partial charge in [-0.25, -0.2) is 0 Å². The Kier molecular flexibility index (Phi) is 132. The van der Waals surface area contributed by atoms with Crippen molar-refractivity contribution < 1.29 is 29.9 Å². The third kappa shape index (κ3) is 8.82. The first-order valence-electron chi connectivity index (χ1n) is 0. The van der Waals surface area contributed by atoms with Crippen LogP contribution in [0, 0.1) is 29.9 Å². The van der Waals surface area contributed by atoms with Gasteiger partial charge in [0.1, 0.15) is 0 Å². The molecule has 0 aliphatic heterocycles. The molecule has 0 rings (SSSR count). The fourth-order valence-electron chi connectivity index (χ4n) is 0. The van der Waals surface area contributed by atoms with Gasteiger partial charge in [0, 0.05) is 82.7 Å². The van der Waals surface area contributed by atoms with Crippen molar-refractivity contribution in [3.63, 3.8) is 0 Å². The van der Waals surface area contributed by atoms with E-state index in [-0.39, 0.29) is 82.7 Å². The molecule has 0 nitrogen and oxygen atoms in total. The minimum Gasteiger partial charge on any atom is 0 e. The van der Waals surface area contributed by atoms with Gasteiger partial charge in [-0.3, -0.25) is 0 Å². The summed E-state index contributed by atoms with van der Waals surface area (Å²) in [6, 6.07) is 0. The summed E-state index contributed by atoms with van der Waals surface area (Å²) >= 11 is 0. The van der Waals surface area contributed by atoms with E-state index in [2.05, 4.69) is 0 Å². The van der Waals surface area contributed by atoms with Gasteiger partial charge in [-0.05, 0) is 0 Å². The minimum atomic E-state index is 0. The van der Waals surface area contributed by atoms with Gasteiger partial charge in [-0.2, -0.15) is 0 Å². The first kappa shape index (κ1) is 30.3. The predicted octanol–water partition coefficient (Wildman–Crippen LogP) is -1.14. The summed E-state index contributed by atoms with van der Waals surface area (Å²) in [6.07, 6.45) is 0. The molecule has 0 aliphatic carbocycles. The Balaban J connectivity index is 0. The van der Waals surface area contributed by atoms with E-state index in [0.29, 0.717) is 0 Å². The third-order valence-electron chi connectivity index (χ3n) is 0. The Bertz CT molecular complexity index is 3.25. The van der Waals surface area contributed by atoms with Crippen molar-refractivity contribution >= 4 is 52.8 Å². The van der Waals surface area contributed by atoms with Crippen LogP contribution in [0.2, 0.25) is 0 Å². The summed E-state index contributed by atoms with van der Waals surface area (Å²) in [6.45, 7) is 0. The normalized spacial score (nSPS) is 0. The van der Waals surface area contributed by atoms with E-state index in [9.17, 15) is 0 Å². The maximum atomic E-state index is 0. The fraction of sp³-hybridized carbons (Fsp3) is 0. The zero-order valence-corrected chi connectivity index (χ0v) is 12.0. The molecule has 13 radical (unpaired) electrons. The first-order valence-corrected chi connectivity index (χ1v) is 0. The summed E-state index contributed by atoms with van der Waals surface area (Å²) in [7, 11) is 0. The van der Waals surface area contributed by atoms with Crippen LogP contribution in [0.1, 0.15) is 0 Å². The van der Waals surface area contributed by atoms with Crippen LogP contribution >= 0.6 is 0 Å². The monoisotopic (exact) mass is 458 g/mol. The van der Waals surface area contributed by atoms with Gasteiger partial charge in [0.05, 0.1) is 0 Å². The van der Waals surface area contributed by atoms with Crippen molar-refractivity contribution in [2.24, 2.45) is 0 Å². The minimum absolute atomic E-state index is 0. The molecule has 0 amide bonds. The summed E-state index contributed by atoms with van der Waals surface area (Å²) in [4.78, 5) is 0. The molecule has 0 N–H and O–H groups in total. The van der Waals surface area contributed by atoms with E-state index in [4.69, 9.17) is 0 Å². The third-order valence-corrected chi connectivity index (χ3v) is 0. The Morgan fingerprint density at radius 3 is 0.500 bits per heavy atom. The zero-order valence-electron chi connectivity index (χ0n) is 1.95. The molecule has 0 aromatic rings. The van der Waals surface area contributed by atoms with Gasteiger partial charge in [0.25, 0.3) is 0 Å². The van der Waals surface area contributed by atoms with Crippen molar-refractivity contribution in [2.75, 3.05) is 0 Å². The molecule has 0 aromatic carbocycles. The molecule has 0 unspecified atom stereocenters. The quantitative estimate of drug-likeness (QED) is 0.406. The van der Waals surface area contributed by atoms with Gasteiger partial charge in [0.15, 0.2) is 0 Å². The smallest absolute Gasteiger partial charge is 0 e. The van der Waals surface area contributed by atoms with Crippen LogP contribution in [0.3, 0.4) is 0 Å². The molecule has 17 valence electrons. The van der Waals surface area contributed by atoms with Gasteiger partial charge in [0.2, 0.25) is 0 Å². The molecule has 0 spiro atoms. The van der Waals surface area contributed by atoms with E-state index in [1.807, 2.05) is 0 Å². The van der Waals surface area contributed by atoms with E-state index >= 15 is 0 Å². The molecule has 0 saturated heterocycles. The van der Waals surface area contributed by atoms with Crippen molar-refractivity contribution in [1.82, 2.24) is 0 Å². The number of hydrogen-bond acceptors (Lipinski definition) is 0. The second-order valence-electron chi connectivity index (χ2n) is 0. The van der Waals surface area contributed by atoms with Crippen molar-refractivity contribution in [3.05, 3.63) is 0 Å². The number of rotatable bonds is 0. The second-order valence-corrected chi connectivity index (χ2v) is 0. The van der Waals surface area contributed by atoms with Gasteiger partial charge >= 0.3 is 0 Å². The molecule has 4 heteroatoms. The van der Waals surface area contributed by atoms with Gasteiger partial charge in [-0.1, -0.05) is 0 Å². The maximum Gasteiger partial charge on any atom is 0 e. The Morgan fingerprint density at radius 2 is 0.500 bits per heavy atom. The topological polar surface area (TPSA) is 0 Å². The predicted molar refractivity (Wildman–Crippen MR) is 17.3 cm³/mol. The standard InChI is InChI=1S/3Ge.Np. The van der Waals surface area contributed by atoms with Crippen molar-refractivity contribution in [3.8, 4) is 0 Å². The first-order chi connectivity index (χ1) is 0. The second kappa shape index (κ2) is 17.4. The van der Waals surface area contributed by atoms with Crippen LogP contribution in [0.5, 0.6) is 0 Å². The van der Waals surface area contributed by atoms with Crippen molar-refractivity contribution in [2.45, 2.75) is 0 Å². The maximum absolute atomic E-state index is 0. The van der Waals surface area contributed by atoms with Crippen LogP contribution in [0.25, 0.3) is 0 Å². The average molecular weight is 455 g/mol. The molecular formula is Ge3Np. The molecule has 0 heterocycles. The summed E-state index contributed by atoms with van der Waals surface area (Å²) in [5.41, 5.74) is 0. The molecule has 0 fully saturated rings. The molecular weight excluding hydrogens is 455 g/mol. The fourth-order valence-corrected chi connectivity index (χ4v) is 0. The van der Waals surface area contributed by atoms with Crippen LogP contribution < -0.4 is 0 Å². The van der Waals surface area contributed by atoms with E-state index in [1.165, 1.54) is 0 Å². The van der Waals surface area contributed by atoms with Gasteiger partial charge in [-0.15, -0.1) is 0 Å². The van der Waals surface area contributed by atoms with Crippen LogP contribution in [-0.4, -0.2) is 52.8 Å². The number of hydrogen-bond donors (Lipinski definition) is 0. The Hall–Kier alpha value is 2.64.